The van der Waals surface area contributed by atoms with E-state index in [9.17, 15) is 4.39 Å². The van der Waals surface area contributed by atoms with Crippen LogP contribution < -0.4 is 10.6 Å². The zero-order valence-electron chi connectivity index (χ0n) is 15.6. The molecule has 1 atom stereocenters. The third-order valence-corrected chi connectivity index (χ3v) is 5.22. The Morgan fingerprint density at radius 2 is 1.85 bits per heavy atom. The Hall–Kier alpha value is -1.09. The van der Waals surface area contributed by atoms with Gasteiger partial charge in [-0.25, -0.2) is 4.39 Å². The van der Waals surface area contributed by atoms with Crippen LogP contribution in [0, 0.1) is 11.7 Å². The molecule has 2 aliphatic heterocycles. The molecule has 2 heterocycles. The zero-order chi connectivity index (χ0) is 17.6. The van der Waals surface area contributed by atoms with E-state index in [4.69, 9.17) is 5.73 Å². The van der Waals surface area contributed by atoms with Gasteiger partial charge in [0.05, 0.1) is 0 Å². The Morgan fingerprint density at radius 1 is 1.15 bits per heavy atom. The SMILES string of the molecule is CCCN1CCC(CN=C(N)N2CCN(c3ccc(F)cc3)CC2)C1.I. The van der Waals surface area contributed by atoms with Gasteiger partial charge in [0.1, 0.15) is 5.82 Å². The van der Waals surface area contributed by atoms with E-state index >= 15 is 0 Å². The highest BCUT2D eigenvalue weighted by Gasteiger charge is 2.22. The second kappa shape index (κ2) is 10.3. The fraction of sp³-hybridized carbons (Fsp3) is 0.632. The topological polar surface area (TPSA) is 48.1 Å². The highest BCUT2D eigenvalue weighted by molar-refractivity contribution is 14.0. The van der Waals surface area contributed by atoms with Gasteiger partial charge in [-0.3, -0.25) is 4.99 Å². The Bertz CT molecular complexity index is 572. The second-order valence-electron chi connectivity index (χ2n) is 7.10. The van der Waals surface area contributed by atoms with Gasteiger partial charge in [-0.15, -0.1) is 24.0 Å². The summed E-state index contributed by atoms with van der Waals surface area (Å²) in [4.78, 5) is 11.6. The van der Waals surface area contributed by atoms with Crippen molar-refractivity contribution in [2.45, 2.75) is 19.8 Å². The molecule has 0 amide bonds. The fourth-order valence-corrected chi connectivity index (χ4v) is 3.75. The van der Waals surface area contributed by atoms with Crippen molar-refractivity contribution in [2.75, 3.05) is 57.3 Å². The molecule has 2 fully saturated rings. The van der Waals surface area contributed by atoms with E-state index in [2.05, 4.69) is 26.6 Å². The van der Waals surface area contributed by atoms with Crippen LogP contribution in [0.1, 0.15) is 19.8 Å². The molecular weight excluding hydrogens is 444 g/mol. The number of nitrogens with zero attached hydrogens (tertiary/aromatic N) is 4. The molecule has 7 heteroatoms. The molecule has 3 rings (SSSR count). The Kier molecular flexibility index (Phi) is 8.40. The molecule has 0 bridgehead atoms. The third kappa shape index (κ3) is 5.70. The predicted octanol–water partition coefficient (Wildman–Crippen LogP) is 2.61. The first-order chi connectivity index (χ1) is 12.2. The highest BCUT2D eigenvalue weighted by Crippen LogP contribution is 2.18. The number of anilines is 1. The average Bonchev–Trinajstić information content (AvgIpc) is 3.08. The predicted molar refractivity (Wildman–Crippen MR) is 117 cm³/mol. The number of piperazine rings is 1. The summed E-state index contributed by atoms with van der Waals surface area (Å²) < 4.78 is 13.0. The normalized spacial score (nSPS) is 21.8. The summed E-state index contributed by atoms with van der Waals surface area (Å²) in [6, 6.07) is 6.71. The molecule has 0 spiro atoms. The average molecular weight is 475 g/mol. The van der Waals surface area contributed by atoms with E-state index in [-0.39, 0.29) is 29.8 Å². The first kappa shape index (κ1) is 21.2. The van der Waals surface area contributed by atoms with Gasteiger partial charge in [-0.2, -0.15) is 0 Å². The van der Waals surface area contributed by atoms with Gasteiger partial charge in [0, 0.05) is 45.0 Å². The number of nitrogens with two attached hydrogens (primary N) is 1. The van der Waals surface area contributed by atoms with Crippen molar-refractivity contribution >= 4 is 35.6 Å². The lowest BCUT2D eigenvalue weighted by Crippen LogP contribution is -2.51. The Balaban J connectivity index is 0.00000243. The molecular formula is C19H31FIN5. The van der Waals surface area contributed by atoms with Crippen LogP contribution in [0.4, 0.5) is 10.1 Å². The number of aliphatic imine (C=N–C) groups is 1. The first-order valence-corrected chi connectivity index (χ1v) is 9.43. The molecule has 1 unspecified atom stereocenters. The van der Waals surface area contributed by atoms with Crippen LogP contribution in [0.25, 0.3) is 0 Å². The Morgan fingerprint density at radius 3 is 2.50 bits per heavy atom. The van der Waals surface area contributed by atoms with E-state index in [0.717, 1.165) is 45.0 Å². The maximum absolute atomic E-state index is 13.0. The molecule has 0 aromatic heterocycles. The van der Waals surface area contributed by atoms with E-state index in [0.29, 0.717) is 11.9 Å². The summed E-state index contributed by atoms with van der Waals surface area (Å²) in [6.45, 7) is 10.1. The second-order valence-corrected chi connectivity index (χ2v) is 7.10. The number of guanidine groups is 1. The number of rotatable bonds is 5. The number of hydrogen-bond donors (Lipinski definition) is 1. The summed E-state index contributed by atoms with van der Waals surface area (Å²) in [7, 11) is 0. The lowest BCUT2D eigenvalue weighted by molar-refractivity contribution is 0.325. The third-order valence-electron chi connectivity index (χ3n) is 5.22. The highest BCUT2D eigenvalue weighted by atomic mass is 127. The van der Waals surface area contributed by atoms with Crippen LogP contribution in [-0.2, 0) is 0 Å². The van der Waals surface area contributed by atoms with Gasteiger partial charge >= 0.3 is 0 Å². The largest absolute Gasteiger partial charge is 0.370 e. The van der Waals surface area contributed by atoms with Gasteiger partial charge in [0.25, 0.3) is 0 Å². The lowest BCUT2D eigenvalue weighted by atomic mass is 10.1. The molecule has 1 aromatic rings. The minimum Gasteiger partial charge on any atom is -0.370 e. The molecule has 1 aromatic carbocycles. The van der Waals surface area contributed by atoms with Crippen LogP contribution in [-0.4, -0.2) is 68.1 Å². The van der Waals surface area contributed by atoms with Crippen LogP contribution in [0.15, 0.2) is 29.3 Å². The first-order valence-electron chi connectivity index (χ1n) is 9.43. The minimum atomic E-state index is -0.192. The molecule has 0 saturated carbocycles. The monoisotopic (exact) mass is 475 g/mol. The number of hydrogen-bond acceptors (Lipinski definition) is 3. The number of benzene rings is 1. The van der Waals surface area contributed by atoms with Crippen molar-refractivity contribution in [1.82, 2.24) is 9.80 Å². The number of likely N-dealkylation sites (tertiary alicyclic amines) is 1. The summed E-state index contributed by atoms with van der Waals surface area (Å²) in [6.07, 6.45) is 2.45. The number of halogens is 2. The van der Waals surface area contributed by atoms with Crippen molar-refractivity contribution in [2.24, 2.45) is 16.6 Å². The molecule has 2 N–H and O–H groups in total. The van der Waals surface area contributed by atoms with Crippen molar-refractivity contribution in [1.29, 1.82) is 0 Å². The van der Waals surface area contributed by atoms with Gasteiger partial charge < -0.3 is 20.4 Å². The Labute approximate surface area is 173 Å². The van der Waals surface area contributed by atoms with E-state index in [1.165, 1.54) is 38.1 Å². The van der Waals surface area contributed by atoms with E-state index in [1.54, 1.807) is 0 Å². The molecule has 2 aliphatic rings. The fourth-order valence-electron chi connectivity index (χ4n) is 3.75. The molecule has 146 valence electrons. The van der Waals surface area contributed by atoms with Crippen molar-refractivity contribution < 1.29 is 4.39 Å². The molecule has 0 radical (unpaired) electrons. The van der Waals surface area contributed by atoms with Crippen LogP contribution in [0.5, 0.6) is 0 Å². The molecule has 5 nitrogen and oxygen atoms in total. The molecule has 2 saturated heterocycles. The minimum absolute atomic E-state index is 0. The van der Waals surface area contributed by atoms with Crippen molar-refractivity contribution in [3.05, 3.63) is 30.1 Å². The van der Waals surface area contributed by atoms with Gasteiger partial charge in [0.2, 0.25) is 0 Å². The van der Waals surface area contributed by atoms with Crippen LogP contribution in [0.2, 0.25) is 0 Å². The van der Waals surface area contributed by atoms with Crippen molar-refractivity contribution in [3.63, 3.8) is 0 Å². The van der Waals surface area contributed by atoms with E-state index in [1.807, 2.05) is 12.1 Å². The molecule has 26 heavy (non-hydrogen) atoms. The quantitative estimate of drug-likeness (QED) is 0.404. The maximum Gasteiger partial charge on any atom is 0.191 e. The van der Waals surface area contributed by atoms with Gasteiger partial charge in [-0.1, -0.05) is 6.92 Å². The summed E-state index contributed by atoms with van der Waals surface area (Å²) in [5.41, 5.74) is 7.29. The lowest BCUT2D eigenvalue weighted by Gasteiger charge is -2.36. The van der Waals surface area contributed by atoms with Crippen molar-refractivity contribution in [3.8, 4) is 0 Å². The van der Waals surface area contributed by atoms with Gasteiger partial charge in [-0.05, 0) is 56.1 Å². The summed E-state index contributed by atoms with van der Waals surface area (Å²) in [5, 5.41) is 0. The zero-order valence-corrected chi connectivity index (χ0v) is 17.9. The van der Waals surface area contributed by atoms with E-state index < -0.39 is 0 Å². The van der Waals surface area contributed by atoms with Crippen LogP contribution >= 0.6 is 24.0 Å². The summed E-state index contributed by atoms with van der Waals surface area (Å²) in [5.74, 6) is 1.13. The summed E-state index contributed by atoms with van der Waals surface area (Å²) >= 11 is 0. The standard InChI is InChI=1S/C19H30FN5.HI/c1-2-8-23-9-7-16(15-23)14-22-19(21)25-12-10-24(11-13-25)18-5-3-17(20)4-6-18;/h3-6,16H,2,7-15H2,1H3,(H2,21,22);1H. The molecule has 0 aliphatic carbocycles. The van der Waals surface area contributed by atoms with Crippen LogP contribution in [0.3, 0.4) is 0 Å². The van der Waals surface area contributed by atoms with Gasteiger partial charge in [0.15, 0.2) is 5.96 Å². The smallest absolute Gasteiger partial charge is 0.191 e. The maximum atomic E-state index is 13.0.